The second-order valence-electron chi connectivity index (χ2n) is 3.79. The molecule has 0 fully saturated rings. The number of aromatic nitrogens is 4. The number of nitrogens with two attached hydrogens (primary N) is 1. The van der Waals surface area contributed by atoms with E-state index in [9.17, 15) is 4.79 Å². The van der Waals surface area contributed by atoms with Crippen LogP contribution in [0.5, 0.6) is 0 Å². The van der Waals surface area contributed by atoms with E-state index in [0.29, 0.717) is 5.52 Å². The summed E-state index contributed by atoms with van der Waals surface area (Å²) in [6.45, 7) is 0.0804. The molecular formula is C10H11N5OS2. The largest absolute Gasteiger partial charge is 0.323 e. The van der Waals surface area contributed by atoms with E-state index in [1.807, 2.05) is 17.9 Å². The fraction of sp³-hybridized carbons (Fsp3) is 0.300. The summed E-state index contributed by atoms with van der Waals surface area (Å²) in [7, 11) is 1.84. The lowest BCUT2D eigenvalue weighted by molar-refractivity contribution is 0.602. The number of hydrogen-bond donors (Lipinski definition) is 1. The average molecular weight is 281 g/mol. The Morgan fingerprint density at radius 3 is 3.00 bits per heavy atom. The highest BCUT2D eigenvalue weighted by atomic mass is 32.2. The van der Waals surface area contributed by atoms with E-state index >= 15 is 0 Å². The standard InChI is InChI=1S/C10H11N5OS2/c1-14-6-5(3-12-15(4-11)9(6)16)7-8(14)13-10(17-2)18-7/h3H,4,11H2,1-2H3. The highest BCUT2D eigenvalue weighted by Crippen LogP contribution is 2.33. The van der Waals surface area contributed by atoms with Gasteiger partial charge in [0.2, 0.25) is 0 Å². The number of hydrogen-bond acceptors (Lipinski definition) is 6. The molecule has 0 aliphatic carbocycles. The van der Waals surface area contributed by atoms with E-state index in [4.69, 9.17) is 5.73 Å². The van der Waals surface area contributed by atoms with Gasteiger partial charge in [0.15, 0.2) is 9.99 Å². The Hall–Kier alpha value is -1.38. The molecule has 0 saturated heterocycles. The van der Waals surface area contributed by atoms with Crippen molar-refractivity contribution in [3.05, 3.63) is 16.6 Å². The Morgan fingerprint density at radius 1 is 1.56 bits per heavy atom. The summed E-state index contributed by atoms with van der Waals surface area (Å²) in [6, 6.07) is 0. The fourth-order valence-electron chi connectivity index (χ4n) is 1.99. The highest BCUT2D eigenvalue weighted by molar-refractivity contribution is 8.00. The summed E-state index contributed by atoms with van der Waals surface area (Å²) in [5, 5.41) is 4.91. The smallest absolute Gasteiger partial charge is 0.292 e. The van der Waals surface area contributed by atoms with Gasteiger partial charge in [-0.3, -0.25) is 4.79 Å². The number of aryl methyl sites for hydroxylation is 1. The van der Waals surface area contributed by atoms with E-state index in [1.165, 1.54) is 4.68 Å². The normalized spacial score (nSPS) is 11.7. The Bertz CT molecular complexity index is 800. The first-order valence-electron chi connectivity index (χ1n) is 5.26. The molecule has 2 N–H and O–H groups in total. The molecule has 8 heteroatoms. The number of thioether (sulfide) groups is 1. The van der Waals surface area contributed by atoms with Gasteiger partial charge in [-0.15, -0.1) is 11.3 Å². The summed E-state index contributed by atoms with van der Waals surface area (Å²) in [6.07, 6.45) is 3.67. The van der Waals surface area contributed by atoms with Gasteiger partial charge in [0.05, 0.1) is 17.6 Å². The van der Waals surface area contributed by atoms with Crippen LogP contribution in [-0.4, -0.2) is 25.6 Å². The van der Waals surface area contributed by atoms with Gasteiger partial charge in [0.1, 0.15) is 5.52 Å². The van der Waals surface area contributed by atoms with Crippen LogP contribution < -0.4 is 11.3 Å². The van der Waals surface area contributed by atoms with E-state index in [-0.39, 0.29) is 12.2 Å². The third-order valence-corrected chi connectivity index (χ3v) is 4.92. The molecule has 0 atom stereocenters. The van der Waals surface area contributed by atoms with Crippen molar-refractivity contribution in [2.45, 2.75) is 11.0 Å². The summed E-state index contributed by atoms with van der Waals surface area (Å²) in [5.41, 5.74) is 6.74. The predicted molar refractivity (Wildman–Crippen MR) is 74.1 cm³/mol. The zero-order chi connectivity index (χ0) is 12.9. The van der Waals surface area contributed by atoms with E-state index < -0.39 is 0 Å². The maximum Gasteiger partial charge on any atom is 0.292 e. The molecule has 6 nitrogen and oxygen atoms in total. The first-order chi connectivity index (χ1) is 8.67. The van der Waals surface area contributed by atoms with E-state index in [0.717, 1.165) is 20.1 Å². The van der Waals surface area contributed by atoms with Gasteiger partial charge in [0.25, 0.3) is 5.56 Å². The molecule has 18 heavy (non-hydrogen) atoms. The molecule has 0 saturated carbocycles. The first-order valence-corrected chi connectivity index (χ1v) is 7.30. The zero-order valence-corrected chi connectivity index (χ0v) is 11.5. The molecule has 0 aliphatic heterocycles. The maximum absolute atomic E-state index is 12.2. The summed E-state index contributed by atoms with van der Waals surface area (Å²) >= 11 is 3.18. The van der Waals surface area contributed by atoms with Crippen LogP contribution in [0.1, 0.15) is 0 Å². The fourth-order valence-corrected chi connectivity index (χ4v) is 3.59. The minimum atomic E-state index is -0.173. The van der Waals surface area contributed by atoms with Crippen molar-refractivity contribution < 1.29 is 0 Å². The lowest BCUT2D eigenvalue weighted by Crippen LogP contribution is -2.27. The summed E-state index contributed by atoms with van der Waals surface area (Å²) in [5.74, 6) is 0. The quantitative estimate of drug-likeness (QED) is 0.708. The average Bonchev–Trinajstić information content (AvgIpc) is 2.90. The second kappa shape index (κ2) is 4.08. The van der Waals surface area contributed by atoms with Crippen molar-refractivity contribution in [2.75, 3.05) is 6.26 Å². The Kier molecular flexibility index (Phi) is 2.65. The molecule has 0 radical (unpaired) electrons. The van der Waals surface area contributed by atoms with Crippen molar-refractivity contribution in [1.29, 1.82) is 0 Å². The molecule has 0 bridgehead atoms. The van der Waals surface area contributed by atoms with E-state index in [1.54, 1.807) is 29.3 Å². The molecule has 3 heterocycles. The van der Waals surface area contributed by atoms with Crippen LogP contribution >= 0.6 is 23.1 Å². The molecule has 0 aromatic carbocycles. The van der Waals surface area contributed by atoms with Gasteiger partial charge in [0, 0.05) is 12.4 Å². The SMILES string of the molecule is CSc1nc2c(s1)c1cnn(CN)c(=O)c1n2C. The van der Waals surface area contributed by atoms with Gasteiger partial charge >= 0.3 is 0 Å². The molecule has 94 valence electrons. The third-order valence-electron chi connectivity index (χ3n) is 2.85. The molecule has 0 amide bonds. The Labute approximate surface area is 110 Å². The number of thiazole rings is 1. The van der Waals surface area contributed by atoms with Crippen LogP contribution in [0, 0.1) is 0 Å². The van der Waals surface area contributed by atoms with Crippen molar-refractivity contribution >= 4 is 44.3 Å². The summed E-state index contributed by atoms with van der Waals surface area (Å²) < 4.78 is 5.06. The molecule has 0 spiro atoms. The van der Waals surface area contributed by atoms with Crippen LogP contribution in [0.2, 0.25) is 0 Å². The second-order valence-corrected chi connectivity index (χ2v) is 5.84. The maximum atomic E-state index is 12.2. The minimum Gasteiger partial charge on any atom is -0.323 e. The van der Waals surface area contributed by atoms with Gasteiger partial charge in [-0.25, -0.2) is 9.67 Å². The number of rotatable bonds is 2. The van der Waals surface area contributed by atoms with Crippen LogP contribution in [0.4, 0.5) is 0 Å². The predicted octanol–water partition coefficient (Wildman–Crippen LogP) is 0.983. The lowest BCUT2D eigenvalue weighted by Gasteiger charge is -2.01. The van der Waals surface area contributed by atoms with Crippen LogP contribution in [-0.2, 0) is 13.7 Å². The van der Waals surface area contributed by atoms with Crippen LogP contribution in [0.15, 0.2) is 15.3 Å². The first kappa shape index (κ1) is 11.7. The third kappa shape index (κ3) is 1.43. The van der Waals surface area contributed by atoms with E-state index in [2.05, 4.69) is 10.1 Å². The highest BCUT2D eigenvalue weighted by Gasteiger charge is 2.17. The van der Waals surface area contributed by atoms with Gasteiger partial charge < -0.3 is 10.3 Å². The summed E-state index contributed by atoms with van der Waals surface area (Å²) in [4.78, 5) is 16.7. The molecule has 3 aromatic rings. The number of nitrogens with zero attached hydrogens (tertiary/aromatic N) is 4. The van der Waals surface area contributed by atoms with Crippen molar-refractivity contribution in [2.24, 2.45) is 12.8 Å². The zero-order valence-electron chi connectivity index (χ0n) is 9.88. The van der Waals surface area contributed by atoms with Crippen molar-refractivity contribution in [1.82, 2.24) is 19.3 Å². The molecule has 0 aliphatic rings. The van der Waals surface area contributed by atoms with Gasteiger partial charge in [-0.05, 0) is 6.26 Å². The number of fused-ring (bicyclic) bond motifs is 3. The van der Waals surface area contributed by atoms with Crippen molar-refractivity contribution in [3.8, 4) is 0 Å². The lowest BCUT2D eigenvalue weighted by atomic mass is 10.4. The topological polar surface area (TPSA) is 78.7 Å². The van der Waals surface area contributed by atoms with Crippen molar-refractivity contribution in [3.63, 3.8) is 0 Å². The monoisotopic (exact) mass is 281 g/mol. The Balaban J connectivity index is 2.50. The van der Waals surface area contributed by atoms with Gasteiger partial charge in [-0.1, -0.05) is 11.8 Å². The molecule has 3 aromatic heterocycles. The molecule has 0 unspecified atom stereocenters. The minimum absolute atomic E-state index is 0.0804. The van der Waals surface area contributed by atoms with Gasteiger partial charge in [-0.2, -0.15) is 5.10 Å². The molecular weight excluding hydrogens is 270 g/mol. The van der Waals surface area contributed by atoms with Crippen LogP contribution in [0.3, 0.4) is 0 Å². The van der Waals surface area contributed by atoms with Crippen LogP contribution in [0.25, 0.3) is 21.3 Å². The molecule has 3 rings (SSSR count). The Morgan fingerprint density at radius 2 is 2.33 bits per heavy atom.